The van der Waals surface area contributed by atoms with Crippen LogP contribution in [0.15, 0.2) is 47.4 Å². The van der Waals surface area contributed by atoms with Crippen LogP contribution in [0.3, 0.4) is 0 Å². The summed E-state index contributed by atoms with van der Waals surface area (Å²) in [5.74, 6) is 0. The lowest BCUT2D eigenvalue weighted by molar-refractivity contribution is 0.445. The SMILES string of the molecule is CCN(CC)S(=O)(=O)c1ccc(NC(=S)Nc2ccc(Cl)c(Cl)c2)cc1. The third-order valence-corrected chi connectivity index (χ3v) is 6.64. The standard InChI is InChI=1S/C17H19Cl2N3O2S2/c1-3-22(4-2)26(23,24)14-8-5-12(6-9-14)20-17(25)21-13-7-10-15(18)16(19)11-13/h5-11H,3-4H2,1-2H3,(H2,20,21,25). The summed E-state index contributed by atoms with van der Waals surface area (Å²) in [5.41, 5.74) is 1.36. The van der Waals surface area contributed by atoms with Crippen LogP contribution >= 0.6 is 35.4 Å². The fourth-order valence-corrected chi connectivity index (χ4v) is 4.28. The van der Waals surface area contributed by atoms with Gasteiger partial charge in [-0.25, -0.2) is 8.42 Å². The zero-order valence-electron chi connectivity index (χ0n) is 14.3. The van der Waals surface area contributed by atoms with Gasteiger partial charge in [0.1, 0.15) is 0 Å². The average Bonchev–Trinajstić information content (AvgIpc) is 2.59. The number of thiocarbonyl (C=S) groups is 1. The molecule has 0 amide bonds. The van der Waals surface area contributed by atoms with Crippen molar-refractivity contribution in [2.24, 2.45) is 0 Å². The van der Waals surface area contributed by atoms with E-state index in [1.807, 2.05) is 13.8 Å². The van der Waals surface area contributed by atoms with E-state index in [-0.39, 0.29) is 4.90 Å². The fourth-order valence-electron chi connectivity index (χ4n) is 2.29. The number of rotatable bonds is 6. The minimum Gasteiger partial charge on any atom is -0.332 e. The number of nitrogens with zero attached hydrogens (tertiary/aromatic N) is 1. The largest absolute Gasteiger partial charge is 0.332 e. The summed E-state index contributed by atoms with van der Waals surface area (Å²) in [6.45, 7) is 4.47. The molecule has 0 bridgehead atoms. The Labute approximate surface area is 169 Å². The molecule has 0 heterocycles. The molecule has 2 N–H and O–H groups in total. The molecular formula is C17H19Cl2N3O2S2. The van der Waals surface area contributed by atoms with Crippen molar-refractivity contribution in [2.75, 3.05) is 23.7 Å². The molecule has 0 spiro atoms. The first-order chi connectivity index (χ1) is 12.3. The van der Waals surface area contributed by atoms with Crippen molar-refractivity contribution >= 4 is 61.9 Å². The van der Waals surface area contributed by atoms with E-state index in [0.29, 0.717) is 39.6 Å². The third kappa shape index (κ3) is 5.08. The molecule has 2 aromatic carbocycles. The number of anilines is 2. The Bertz CT molecular complexity index is 883. The number of hydrogen-bond acceptors (Lipinski definition) is 3. The van der Waals surface area contributed by atoms with E-state index in [1.54, 1.807) is 42.5 Å². The molecule has 0 aromatic heterocycles. The second-order valence-corrected chi connectivity index (χ2v) is 8.48. The van der Waals surface area contributed by atoms with Gasteiger partial charge in [0.15, 0.2) is 5.11 Å². The van der Waals surface area contributed by atoms with Gasteiger partial charge in [0, 0.05) is 24.5 Å². The summed E-state index contributed by atoms with van der Waals surface area (Å²) >= 11 is 17.1. The maximum atomic E-state index is 12.5. The molecule has 0 aliphatic carbocycles. The van der Waals surface area contributed by atoms with Crippen molar-refractivity contribution in [3.8, 4) is 0 Å². The van der Waals surface area contributed by atoms with E-state index in [2.05, 4.69) is 10.6 Å². The van der Waals surface area contributed by atoms with Crippen LogP contribution in [0.5, 0.6) is 0 Å². The van der Waals surface area contributed by atoms with Crippen LogP contribution in [-0.4, -0.2) is 30.9 Å². The normalized spacial score (nSPS) is 11.4. The molecular weight excluding hydrogens is 413 g/mol. The molecule has 0 unspecified atom stereocenters. The number of sulfonamides is 1. The van der Waals surface area contributed by atoms with Crippen molar-refractivity contribution in [3.63, 3.8) is 0 Å². The zero-order chi connectivity index (χ0) is 19.3. The van der Waals surface area contributed by atoms with E-state index in [9.17, 15) is 8.42 Å². The summed E-state index contributed by atoms with van der Waals surface area (Å²) < 4.78 is 26.4. The minimum atomic E-state index is -3.47. The van der Waals surface area contributed by atoms with Crippen LogP contribution in [-0.2, 0) is 10.0 Å². The number of hydrogen-bond donors (Lipinski definition) is 2. The molecule has 0 saturated carbocycles. The second-order valence-electron chi connectivity index (χ2n) is 5.32. The number of halogens is 2. The average molecular weight is 432 g/mol. The molecule has 0 aliphatic rings. The number of nitrogens with one attached hydrogen (secondary N) is 2. The van der Waals surface area contributed by atoms with Crippen LogP contribution in [0, 0.1) is 0 Å². The smallest absolute Gasteiger partial charge is 0.243 e. The van der Waals surface area contributed by atoms with E-state index in [1.165, 1.54) is 4.31 Å². The van der Waals surface area contributed by atoms with Gasteiger partial charge < -0.3 is 10.6 Å². The summed E-state index contributed by atoms with van der Waals surface area (Å²) in [5, 5.41) is 7.22. The Kier molecular flexibility index (Phi) is 7.25. The van der Waals surface area contributed by atoms with Crippen molar-refractivity contribution in [1.82, 2.24) is 4.31 Å². The van der Waals surface area contributed by atoms with Gasteiger partial charge in [-0.3, -0.25) is 0 Å². The molecule has 0 fully saturated rings. The Morgan fingerprint density at radius 3 is 2.04 bits per heavy atom. The summed E-state index contributed by atoms with van der Waals surface area (Å²) in [4.78, 5) is 0.245. The third-order valence-electron chi connectivity index (χ3n) is 3.63. The van der Waals surface area contributed by atoms with E-state index in [0.717, 1.165) is 0 Å². The summed E-state index contributed by atoms with van der Waals surface area (Å²) in [7, 11) is -3.47. The molecule has 0 aliphatic heterocycles. The molecule has 9 heteroatoms. The van der Waals surface area contributed by atoms with Gasteiger partial charge in [0.2, 0.25) is 10.0 Å². The van der Waals surface area contributed by atoms with Gasteiger partial charge in [-0.05, 0) is 54.7 Å². The second kappa shape index (κ2) is 9.01. The molecule has 140 valence electrons. The first-order valence-electron chi connectivity index (χ1n) is 7.91. The highest BCUT2D eigenvalue weighted by Gasteiger charge is 2.21. The highest BCUT2D eigenvalue weighted by Crippen LogP contribution is 2.25. The maximum absolute atomic E-state index is 12.5. The Morgan fingerprint density at radius 2 is 1.50 bits per heavy atom. The van der Waals surface area contributed by atoms with Crippen LogP contribution < -0.4 is 10.6 Å². The van der Waals surface area contributed by atoms with Gasteiger partial charge in [0.05, 0.1) is 14.9 Å². The van der Waals surface area contributed by atoms with Gasteiger partial charge in [0.25, 0.3) is 0 Å². The molecule has 0 saturated heterocycles. The van der Waals surface area contributed by atoms with Crippen molar-refractivity contribution in [3.05, 3.63) is 52.5 Å². The fraction of sp³-hybridized carbons (Fsp3) is 0.235. The van der Waals surface area contributed by atoms with E-state index in [4.69, 9.17) is 35.4 Å². The van der Waals surface area contributed by atoms with Crippen LogP contribution in [0.4, 0.5) is 11.4 Å². The first-order valence-corrected chi connectivity index (χ1v) is 10.5. The first kappa shape index (κ1) is 20.9. The van der Waals surface area contributed by atoms with Crippen molar-refractivity contribution < 1.29 is 8.42 Å². The van der Waals surface area contributed by atoms with Crippen LogP contribution in [0.1, 0.15) is 13.8 Å². The predicted octanol–water partition coefficient (Wildman–Crippen LogP) is 4.83. The minimum absolute atomic E-state index is 0.245. The molecule has 0 atom stereocenters. The highest BCUT2D eigenvalue weighted by atomic mass is 35.5. The maximum Gasteiger partial charge on any atom is 0.243 e. The van der Waals surface area contributed by atoms with E-state index < -0.39 is 10.0 Å². The Hall–Kier alpha value is -1.38. The van der Waals surface area contributed by atoms with Crippen LogP contribution in [0.25, 0.3) is 0 Å². The van der Waals surface area contributed by atoms with E-state index >= 15 is 0 Å². The summed E-state index contributed by atoms with van der Waals surface area (Å²) in [6, 6.07) is 11.5. The van der Waals surface area contributed by atoms with Crippen LogP contribution in [0.2, 0.25) is 10.0 Å². The lowest BCUT2D eigenvalue weighted by atomic mass is 10.3. The van der Waals surface area contributed by atoms with Gasteiger partial charge >= 0.3 is 0 Å². The topological polar surface area (TPSA) is 61.4 Å². The van der Waals surface area contributed by atoms with Crippen molar-refractivity contribution in [2.45, 2.75) is 18.7 Å². The lowest BCUT2D eigenvalue weighted by Gasteiger charge is -2.18. The molecule has 2 aromatic rings. The predicted molar refractivity (Wildman–Crippen MR) is 113 cm³/mol. The molecule has 2 rings (SSSR count). The van der Waals surface area contributed by atoms with Gasteiger partial charge in [-0.1, -0.05) is 37.0 Å². The lowest BCUT2D eigenvalue weighted by Crippen LogP contribution is -2.30. The Balaban J connectivity index is 2.06. The Morgan fingerprint density at radius 1 is 0.962 bits per heavy atom. The number of benzene rings is 2. The highest BCUT2D eigenvalue weighted by molar-refractivity contribution is 7.89. The summed E-state index contributed by atoms with van der Waals surface area (Å²) in [6.07, 6.45) is 0. The quantitative estimate of drug-likeness (QED) is 0.641. The van der Waals surface area contributed by atoms with Gasteiger partial charge in [-0.15, -0.1) is 0 Å². The molecule has 0 radical (unpaired) electrons. The molecule has 5 nitrogen and oxygen atoms in total. The van der Waals surface area contributed by atoms with Gasteiger partial charge in [-0.2, -0.15) is 4.31 Å². The molecule has 26 heavy (non-hydrogen) atoms. The zero-order valence-corrected chi connectivity index (χ0v) is 17.4. The monoisotopic (exact) mass is 431 g/mol. The van der Waals surface area contributed by atoms with Crippen molar-refractivity contribution in [1.29, 1.82) is 0 Å².